The van der Waals surface area contributed by atoms with Gasteiger partial charge < -0.3 is 0 Å². The number of nitrogen functional groups attached to an aromatic ring is 1. The Kier molecular flexibility index (Phi) is 2.07. The molecule has 0 unspecified atom stereocenters. The van der Waals surface area contributed by atoms with E-state index in [9.17, 15) is 0 Å². The molecule has 1 aliphatic rings. The average molecular weight is 233 g/mol. The maximum Gasteiger partial charge on any atom is 0.398 e. The predicted octanol–water partition coefficient (Wildman–Crippen LogP) is 1.52. The van der Waals surface area contributed by atoms with E-state index in [2.05, 4.69) is 40.1 Å². The van der Waals surface area contributed by atoms with Crippen molar-refractivity contribution in [2.45, 2.75) is 11.8 Å². The summed E-state index contributed by atoms with van der Waals surface area (Å²) in [6.07, 6.45) is 3.86. The summed E-state index contributed by atoms with van der Waals surface area (Å²) in [4.78, 5) is 3.47. The SMILES string of the molecule is CCN1c2ccccc2Sn2cc[n+](N)c21. The molecule has 0 fully saturated rings. The van der Waals surface area contributed by atoms with Crippen LogP contribution < -0.4 is 15.4 Å². The topological polar surface area (TPSA) is 38.1 Å². The van der Waals surface area contributed by atoms with Crippen molar-refractivity contribution in [3.8, 4) is 0 Å². The molecule has 1 aromatic heterocycles. The molecule has 2 N–H and O–H groups in total. The van der Waals surface area contributed by atoms with E-state index in [1.807, 2.05) is 12.4 Å². The Labute approximate surface area is 98.4 Å². The van der Waals surface area contributed by atoms with Crippen LogP contribution in [0.2, 0.25) is 0 Å². The van der Waals surface area contributed by atoms with Crippen LogP contribution in [0.4, 0.5) is 11.6 Å². The van der Waals surface area contributed by atoms with E-state index < -0.39 is 0 Å². The molecule has 0 bridgehead atoms. The molecule has 2 aromatic rings. The van der Waals surface area contributed by atoms with E-state index in [1.54, 1.807) is 16.6 Å². The fraction of sp³-hybridized carbons (Fsp3) is 0.182. The largest absolute Gasteiger partial charge is 0.398 e. The monoisotopic (exact) mass is 233 g/mol. The first-order valence-electron chi connectivity index (χ1n) is 5.24. The number of hydrogen-bond acceptors (Lipinski definition) is 3. The number of benzene rings is 1. The summed E-state index contributed by atoms with van der Waals surface area (Å²) in [7, 11) is 0. The fourth-order valence-corrected chi connectivity index (χ4v) is 3.00. The quantitative estimate of drug-likeness (QED) is 0.599. The molecule has 4 nitrogen and oxygen atoms in total. The van der Waals surface area contributed by atoms with Crippen LogP contribution in [0.1, 0.15) is 6.92 Å². The maximum atomic E-state index is 5.93. The Balaban J connectivity index is 2.21. The lowest BCUT2D eigenvalue weighted by Crippen LogP contribution is -2.48. The van der Waals surface area contributed by atoms with Gasteiger partial charge >= 0.3 is 5.95 Å². The third-order valence-corrected chi connectivity index (χ3v) is 3.72. The second-order valence-electron chi connectivity index (χ2n) is 3.63. The van der Waals surface area contributed by atoms with E-state index in [1.165, 1.54) is 10.6 Å². The van der Waals surface area contributed by atoms with Gasteiger partial charge in [-0.2, -0.15) is 3.97 Å². The Bertz CT molecular complexity index is 535. The van der Waals surface area contributed by atoms with Crippen LogP contribution in [0.25, 0.3) is 0 Å². The molecular formula is C11H13N4S+. The van der Waals surface area contributed by atoms with Crippen molar-refractivity contribution in [1.82, 2.24) is 3.97 Å². The highest BCUT2D eigenvalue weighted by Gasteiger charge is 2.32. The first kappa shape index (κ1) is 9.59. The van der Waals surface area contributed by atoms with Crippen LogP contribution in [0.3, 0.4) is 0 Å². The van der Waals surface area contributed by atoms with Gasteiger partial charge in [0, 0.05) is 0 Å². The minimum absolute atomic E-state index is 0.902. The van der Waals surface area contributed by atoms with Crippen LogP contribution in [-0.2, 0) is 0 Å². The van der Waals surface area contributed by atoms with Crippen LogP contribution in [0.5, 0.6) is 0 Å². The smallest absolute Gasteiger partial charge is 0.289 e. The van der Waals surface area contributed by atoms with E-state index in [4.69, 9.17) is 5.84 Å². The fourth-order valence-electron chi connectivity index (χ4n) is 1.99. The highest BCUT2D eigenvalue weighted by Crippen LogP contribution is 2.40. The molecule has 2 heterocycles. The Morgan fingerprint density at radius 1 is 1.38 bits per heavy atom. The molecule has 0 amide bonds. The summed E-state index contributed by atoms with van der Waals surface area (Å²) >= 11 is 1.70. The van der Waals surface area contributed by atoms with Gasteiger partial charge in [-0.05, 0) is 19.1 Å². The number of hydrogen-bond donors (Lipinski definition) is 1. The van der Waals surface area contributed by atoms with Gasteiger partial charge in [-0.3, -0.25) is 5.84 Å². The maximum absolute atomic E-state index is 5.93. The van der Waals surface area contributed by atoms with Crippen molar-refractivity contribution in [3.05, 3.63) is 36.7 Å². The number of aromatic nitrogens is 2. The molecule has 0 radical (unpaired) electrons. The molecule has 5 heteroatoms. The van der Waals surface area contributed by atoms with Crippen molar-refractivity contribution < 1.29 is 4.68 Å². The lowest BCUT2D eigenvalue weighted by Gasteiger charge is -2.22. The van der Waals surface area contributed by atoms with Gasteiger partial charge in [0.05, 0.1) is 23.4 Å². The molecule has 0 saturated carbocycles. The molecule has 16 heavy (non-hydrogen) atoms. The molecular weight excluding hydrogens is 220 g/mol. The van der Waals surface area contributed by atoms with Crippen molar-refractivity contribution in [2.75, 3.05) is 17.3 Å². The second-order valence-corrected chi connectivity index (χ2v) is 4.65. The normalized spacial score (nSPS) is 13.4. The van der Waals surface area contributed by atoms with Gasteiger partial charge in [0.25, 0.3) is 0 Å². The zero-order valence-corrected chi connectivity index (χ0v) is 9.81. The molecule has 1 aromatic carbocycles. The third kappa shape index (κ3) is 1.21. The standard InChI is InChI=1S/C11H13N4S/c1-2-13-9-5-3-4-6-10(9)16-15-8-7-14(12)11(13)15/h3-8H,2,12H2,1H3/q+1. The van der Waals surface area contributed by atoms with Gasteiger partial charge in [-0.15, -0.1) is 4.68 Å². The molecule has 0 saturated heterocycles. The summed E-state index contributed by atoms with van der Waals surface area (Å²) in [5.41, 5.74) is 1.22. The van der Waals surface area contributed by atoms with Gasteiger partial charge in [0.2, 0.25) is 0 Å². The molecule has 0 aliphatic carbocycles. The van der Waals surface area contributed by atoms with Crippen molar-refractivity contribution in [2.24, 2.45) is 0 Å². The predicted molar refractivity (Wildman–Crippen MR) is 65.2 cm³/mol. The number of anilines is 2. The van der Waals surface area contributed by atoms with Crippen molar-refractivity contribution >= 4 is 23.6 Å². The zero-order valence-electron chi connectivity index (χ0n) is 9.00. The zero-order chi connectivity index (χ0) is 11.1. The molecule has 3 rings (SSSR count). The van der Waals surface area contributed by atoms with E-state index in [-0.39, 0.29) is 0 Å². The first-order chi connectivity index (χ1) is 7.81. The summed E-state index contributed by atoms with van der Waals surface area (Å²) in [5.74, 6) is 6.93. The van der Waals surface area contributed by atoms with Crippen LogP contribution in [0.15, 0.2) is 41.6 Å². The van der Waals surface area contributed by atoms with Crippen molar-refractivity contribution in [3.63, 3.8) is 0 Å². The summed E-state index contributed by atoms with van der Waals surface area (Å²) in [5, 5.41) is 0. The Morgan fingerprint density at radius 3 is 3.00 bits per heavy atom. The number of rotatable bonds is 1. The second kappa shape index (κ2) is 3.45. The first-order valence-corrected chi connectivity index (χ1v) is 6.01. The Morgan fingerprint density at radius 2 is 2.19 bits per heavy atom. The Hall–Kier alpha value is -1.62. The highest BCUT2D eigenvalue weighted by atomic mass is 32.2. The molecule has 82 valence electrons. The van der Waals surface area contributed by atoms with E-state index >= 15 is 0 Å². The molecule has 0 spiro atoms. The number of nitrogens with zero attached hydrogens (tertiary/aromatic N) is 3. The third-order valence-electron chi connectivity index (χ3n) is 2.70. The minimum atomic E-state index is 0.902. The van der Waals surface area contributed by atoms with Crippen LogP contribution in [0, 0.1) is 0 Å². The lowest BCUT2D eigenvalue weighted by atomic mass is 10.3. The number of imidazole rings is 1. The van der Waals surface area contributed by atoms with Crippen LogP contribution >= 0.6 is 11.9 Å². The number of fused-ring (bicyclic) bond motifs is 2. The molecule has 0 atom stereocenters. The minimum Gasteiger partial charge on any atom is -0.289 e. The van der Waals surface area contributed by atoms with E-state index in [0.29, 0.717) is 0 Å². The highest BCUT2D eigenvalue weighted by molar-refractivity contribution is 7.98. The summed E-state index contributed by atoms with van der Waals surface area (Å²) < 4.78 is 3.75. The van der Waals surface area contributed by atoms with Gasteiger partial charge in [0.15, 0.2) is 0 Å². The van der Waals surface area contributed by atoms with Gasteiger partial charge in [-0.1, -0.05) is 12.1 Å². The average Bonchev–Trinajstić information content (AvgIpc) is 2.68. The summed E-state index contributed by atoms with van der Waals surface area (Å²) in [6.45, 7) is 3.03. The lowest BCUT2D eigenvalue weighted by molar-refractivity contribution is -0.624. The van der Waals surface area contributed by atoms with E-state index in [0.717, 1.165) is 12.5 Å². The number of para-hydroxylation sites is 1. The number of nitrogens with two attached hydrogens (primary N) is 1. The van der Waals surface area contributed by atoms with Crippen LogP contribution in [-0.4, -0.2) is 10.5 Å². The van der Waals surface area contributed by atoms with Crippen molar-refractivity contribution in [1.29, 1.82) is 0 Å². The van der Waals surface area contributed by atoms with Gasteiger partial charge in [0.1, 0.15) is 18.1 Å². The molecule has 1 aliphatic heterocycles. The summed E-state index contributed by atoms with van der Waals surface area (Å²) in [6, 6.07) is 8.38. The van der Waals surface area contributed by atoms with Gasteiger partial charge in [-0.25, -0.2) is 4.90 Å².